The van der Waals surface area contributed by atoms with Crippen LogP contribution in [0.15, 0.2) is 59.1 Å². The van der Waals surface area contributed by atoms with E-state index in [9.17, 15) is 9.90 Å². The number of rotatable bonds is 4. The van der Waals surface area contributed by atoms with Gasteiger partial charge in [0.1, 0.15) is 5.65 Å². The van der Waals surface area contributed by atoms with E-state index in [0.717, 1.165) is 5.57 Å². The summed E-state index contributed by atoms with van der Waals surface area (Å²) >= 11 is 12.6. The third-order valence-corrected chi connectivity index (χ3v) is 5.49. The Morgan fingerprint density at radius 2 is 2.07 bits per heavy atom. The van der Waals surface area contributed by atoms with Crippen molar-refractivity contribution in [1.29, 1.82) is 0 Å². The molecule has 2 aromatic heterocycles. The summed E-state index contributed by atoms with van der Waals surface area (Å²) in [6, 6.07) is 6.81. The van der Waals surface area contributed by atoms with Crippen molar-refractivity contribution in [3.8, 4) is 11.1 Å². The minimum absolute atomic E-state index is 0.0168. The summed E-state index contributed by atoms with van der Waals surface area (Å²) in [5, 5.41) is 14.1. The molecule has 0 saturated heterocycles. The number of anilines is 1. The first-order valence-electron chi connectivity index (χ1n) is 9.02. The number of benzene rings is 1. The molecule has 0 aliphatic heterocycles. The number of aliphatic hydroxyl groups is 1. The largest absolute Gasteiger partial charge is 0.392 e. The molecule has 29 heavy (non-hydrogen) atoms. The average molecular weight is 429 g/mol. The van der Waals surface area contributed by atoms with Gasteiger partial charge < -0.3 is 10.4 Å². The predicted molar refractivity (Wildman–Crippen MR) is 117 cm³/mol. The molecule has 0 bridgehead atoms. The summed E-state index contributed by atoms with van der Waals surface area (Å²) in [5.74, 6) is 0.407. The van der Waals surface area contributed by atoms with Crippen LogP contribution in [0, 0.1) is 0 Å². The quantitative estimate of drug-likeness (QED) is 0.657. The van der Waals surface area contributed by atoms with E-state index in [1.54, 1.807) is 37.5 Å². The van der Waals surface area contributed by atoms with Crippen LogP contribution in [0.1, 0.15) is 6.42 Å². The minimum Gasteiger partial charge on any atom is -0.392 e. The van der Waals surface area contributed by atoms with Crippen LogP contribution >= 0.6 is 23.2 Å². The summed E-state index contributed by atoms with van der Waals surface area (Å²) in [4.78, 5) is 21.9. The highest BCUT2D eigenvalue weighted by atomic mass is 35.5. The first-order valence-corrected chi connectivity index (χ1v) is 9.78. The zero-order valence-electron chi connectivity index (χ0n) is 15.6. The van der Waals surface area contributed by atoms with Gasteiger partial charge in [-0.2, -0.15) is 4.98 Å². The molecule has 1 aliphatic rings. The van der Waals surface area contributed by atoms with Crippen molar-refractivity contribution in [2.24, 2.45) is 7.05 Å². The number of nitrogens with one attached hydrogen (secondary N) is 1. The van der Waals surface area contributed by atoms with Gasteiger partial charge in [-0.05, 0) is 30.2 Å². The second-order valence-corrected chi connectivity index (χ2v) is 7.63. The van der Waals surface area contributed by atoms with Crippen molar-refractivity contribution >= 4 is 40.2 Å². The van der Waals surface area contributed by atoms with Gasteiger partial charge in [0.15, 0.2) is 0 Å². The molecule has 0 amide bonds. The molecule has 8 heteroatoms. The Balaban J connectivity index is 1.74. The maximum absolute atomic E-state index is 13.0. The lowest BCUT2D eigenvalue weighted by molar-refractivity contribution is 0.325. The number of allylic oxidation sites excluding steroid dienone is 2. The Morgan fingerprint density at radius 3 is 2.79 bits per heavy atom. The Hall–Kier alpha value is -2.67. The monoisotopic (exact) mass is 428 g/mol. The van der Waals surface area contributed by atoms with Gasteiger partial charge in [-0.15, -0.1) is 0 Å². The molecule has 0 spiro atoms. The molecule has 0 saturated carbocycles. The maximum Gasteiger partial charge on any atom is 0.259 e. The first kappa shape index (κ1) is 19.6. The smallest absolute Gasteiger partial charge is 0.259 e. The van der Waals surface area contributed by atoms with Crippen molar-refractivity contribution in [3.63, 3.8) is 0 Å². The van der Waals surface area contributed by atoms with E-state index >= 15 is 0 Å². The molecule has 1 aliphatic carbocycles. The van der Waals surface area contributed by atoms with Crippen LogP contribution in [0.25, 0.3) is 22.2 Å². The molecule has 2 heterocycles. The van der Waals surface area contributed by atoms with Crippen LogP contribution in [-0.2, 0) is 7.05 Å². The third-order valence-electron chi connectivity index (χ3n) is 4.86. The fourth-order valence-corrected chi connectivity index (χ4v) is 3.98. The van der Waals surface area contributed by atoms with Crippen LogP contribution in [0.2, 0.25) is 10.0 Å². The lowest BCUT2D eigenvalue weighted by Gasteiger charge is -2.19. The van der Waals surface area contributed by atoms with Crippen molar-refractivity contribution in [1.82, 2.24) is 14.5 Å². The van der Waals surface area contributed by atoms with Crippen LogP contribution in [0.3, 0.4) is 0 Å². The summed E-state index contributed by atoms with van der Waals surface area (Å²) in [6.45, 7) is 0.0168. The number of hydrogen-bond donors (Lipinski definition) is 2. The predicted octanol–water partition coefficient (Wildman–Crippen LogP) is 3.96. The molecule has 1 aromatic carbocycles. The van der Waals surface area contributed by atoms with Crippen LogP contribution in [-0.4, -0.2) is 32.3 Å². The topological polar surface area (TPSA) is 80.0 Å². The van der Waals surface area contributed by atoms with Crippen molar-refractivity contribution in [2.75, 3.05) is 11.9 Å². The highest BCUT2D eigenvalue weighted by molar-refractivity contribution is 6.39. The van der Waals surface area contributed by atoms with E-state index < -0.39 is 0 Å². The van der Waals surface area contributed by atoms with E-state index in [1.807, 2.05) is 18.2 Å². The van der Waals surface area contributed by atoms with Gasteiger partial charge in [-0.25, -0.2) is 4.98 Å². The van der Waals surface area contributed by atoms with Gasteiger partial charge in [0.05, 0.1) is 28.3 Å². The molecule has 2 N–H and O–H groups in total. The first-order chi connectivity index (χ1) is 14.0. The average Bonchev–Trinajstić information content (AvgIpc) is 2.72. The number of aryl methyl sites for hydroxylation is 1. The van der Waals surface area contributed by atoms with Gasteiger partial charge in [0.2, 0.25) is 5.95 Å². The number of halogens is 2. The summed E-state index contributed by atoms with van der Waals surface area (Å²) in [7, 11) is 1.66. The van der Waals surface area contributed by atoms with Crippen molar-refractivity contribution in [3.05, 3.63) is 74.7 Å². The van der Waals surface area contributed by atoms with Gasteiger partial charge in [-0.3, -0.25) is 9.36 Å². The van der Waals surface area contributed by atoms with Crippen molar-refractivity contribution in [2.45, 2.75) is 12.5 Å². The minimum atomic E-state index is -0.250. The molecule has 6 nitrogen and oxygen atoms in total. The van der Waals surface area contributed by atoms with Gasteiger partial charge in [0.25, 0.3) is 5.56 Å². The van der Waals surface area contributed by atoms with E-state index in [2.05, 4.69) is 15.3 Å². The highest BCUT2D eigenvalue weighted by Gasteiger charge is 2.17. The van der Waals surface area contributed by atoms with E-state index in [0.29, 0.717) is 44.6 Å². The standard InChI is InChI=1S/C21H18Cl2N4O2/c1-27-19-13(9-15(20(27)29)18-16(22)6-3-7-17(18)23)10-24-21(26-19)25-14-5-2-4-12(8-14)11-28/h2-7,9-10,14,28H,8,11H2,1H3,(H,24,25,26). The van der Waals surface area contributed by atoms with Crippen LogP contribution in [0.4, 0.5) is 5.95 Å². The van der Waals surface area contributed by atoms with Gasteiger partial charge in [-0.1, -0.05) is 47.5 Å². The fraction of sp³-hybridized carbons (Fsp3) is 0.190. The van der Waals surface area contributed by atoms with Gasteiger partial charge >= 0.3 is 0 Å². The summed E-state index contributed by atoms with van der Waals surface area (Å²) < 4.78 is 1.47. The molecular formula is C21H18Cl2N4O2. The lowest BCUT2D eigenvalue weighted by Crippen LogP contribution is -2.23. The van der Waals surface area contributed by atoms with Crippen molar-refractivity contribution < 1.29 is 5.11 Å². The zero-order valence-corrected chi connectivity index (χ0v) is 17.1. The fourth-order valence-electron chi connectivity index (χ4n) is 3.38. The number of aliphatic hydroxyl groups excluding tert-OH is 1. The molecule has 0 fully saturated rings. The lowest BCUT2D eigenvalue weighted by atomic mass is 10.0. The van der Waals surface area contributed by atoms with Crippen LogP contribution in [0.5, 0.6) is 0 Å². The molecule has 1 unspecified atom stereocenters. The molecule has 3 aromatic rings. The molecule has 1 atom stereocenters. The Bertz CT molecular complexity index is 1200. The van der Waals surface area contributed by atoms with E-state index in [4.69, 9.17) is 23.2 Å². The van der Waals surface area contributed by atoms with E-state index in [1.165, 1.54) is 4.57 Å². The maximum atomic E-state index is 13.0. The van der Waals surface area contributed by atoms with Crippen LogP contribution < -0.4 is 10.9 Å². The number of nitrogens with zero attached hydrogens (tertiary/aromatic N) is 3. The molecule has 4 rings (SSSR count). The molecular weight excluding hydrogens is 411 g/mol. The number of fused-ring (bicyclic) bond motifs is 1. The highest BCUT2D eigenvalue weighted by Crippen LogP contribution is 2.33. The van der Waals surface area contributed by atoms with E-state index in [-0.39, 0.29) is 18.2 Å². The zero-order chi connectivity index (χ0) is 20.5. The number of aromatic nitrogens is 3. The Morgan fingerprint density at radius 1 is 1.31 bits per heavy atom. The Labute approximate surface area is 177 Å². The Kier molecular flexibility index (Phi) is 5.41. The third kappa shape index (κ3) is 3.79. The second kappa shape index (κ2) is 7.99. The molecule has 148 valence electrons. The van der Waals surface area contributed by atoms with Gasteiger partial charge in [0, 0.05) is 24.2 Å². The second-order valence-electron chi connectivity index (χ2n) is 6.81. The number of pyridine rings is 1. The summed E-state index contributed by atoms with van der Waals surface area (Å²) in [5.41, 5.74) is 2.07. The SMILES string of the molecule is Cn1c(=O)c(-c2c(Cl)cccc2Cl)cc2cnc(NC3C=CC=C(CO)C3)nc21. The molecule has 0 radical (unpaired) electrons. The number of hydrogen-bond acceptors (Lipinski definition) is 5. The summed E-state index contributed by atoms with van der Waals surface area (Å²) in [6.07, 6.45) is 8.09. The normalized spacial score (nSPS) is 16.1.